The van der Waals surface area contributed by atoms with E-state index < -0.39 is 0 Å². The lowest BCUT2D eigenvalue weighted by Gasteiger charge is -2.14. The second-order valence-electron chi connectivity index (χ2n) is 6.19. The Labute approximate surface area is 164 Å². The molecule has 27 heavy (non-hydrogen) atoms. The van der Waals surface area contributed by atoms with Gasteiger partial charge in [0.1, 0.15) is 11.4 Å². The zero-order valence-corrected chi connectivity index (χ0v) is 16.3. The van der Waals surface area contributed by atoms with Gasteiger partial charge in [-0.15, -0.1) is 0 Å². The molecule has 2 aromatic carbocycles. The minimum atomic E-state index is -0.183. The SMILES string of the molecule is COc1ccc(N2C(=O)/C(=C\C=C\c3ccc(N(C)C)cc3)NC2=S)cc1. The molecule has 1 saturated heterocycles. The molecule has 0 spiro atoms. The van der Waals surface area contributed by atoms with E-state index in [2.05, 4.69) is 5.32 Å². The second-order valence-corrected chi connectivity index (χ2v) is 6.58. The quantitative estimate of drug-likeness (QED) is 0.636. The van der Waals surface area contributed by atoms with E-state index in [-0.39, 0.29) is 5.91 Å². The van der Waals surface area contributed by atoms with Crippen molar-refractivity contribution in [2.45, 2.75) is 0 Å². The summed E-state index contributed by atoms with van der Waals surface area (Å²) in [5.74, 6) is 0.543. The van der Waals surface area contributed by atoms with Crippen molar-refractivity contribution in [3.05, 3.63) is 71.9 Å². The highest BCUT2D eigenvalue weighted by atomic mass is 32.1. The minimum Gasteiger partial charge on any atom is -0.497 e. The van der Waals surface area contributed by atoms with Crippen LogP contribution in [0.1, 0.15) is 5.56 Å². The van der Waals surface area contributed by atoms with Gasteiger partial charge < -0.3 is 15.0 Å². The lowest BCUT2D eigenvalue weighted by atomic mass is 10.2. The van der Waals surface area contributed by atoms with Crippen LogP contribution in [0, 0.1) is 0 Å². The van der Waals surface area contributed by atoms with Crippen molar-refractivity contribution < 1.29 is 9.53 Å². The lowest BCUT2D eigenvalue weighted by molar-refractivity contribution is -0.113. The molecule has 0 radical (unpaired) electrons. The number of amides is 1. The summed E-state index contributed by atoms with van der Waals surface area (Å²) in [7, 11) is 5.61. The maximum Gasteiger partial charge on any atom is 0.281 e. The highest BCUT2D eigenvalue weighted by molar-refractivity contribution is 7.80. The normalized spacial score (nSPS) is 15.5. The van der Waals surface area contributed by atoms with Crippen LogP contribution < -0.4 is 19.9 Å². The van der Waals surface area contributed by atoms with E-state index in [1.54, 1.807) is 37.5 Å². The Kier molecular flexibility index (Phi) is 5.57. The van der Waals surface area contributed by atoms with Crippen molar-refractivity contribution in [3.63, 3.8) is 0 Å². The molecule has 0 saturated carbocycles. The average molecular weight is 379 g/mol. The van der Waals surface area contributed by atoms with Crippen molar-refractivity contribution in [2.24, 2.45) is 0 Å². The zero-order valence-electron chi connectivity index (χ0n) is 15.5. The molecule has 2 aromatic rings. The first-order valence-corrected chi connectivity index (χ1v) is 8.85. The van der Waals surface area contributed by atoms with Gasteiger partial charge in [0.15, 0.2) is 5.11 Å². The van der Waals surface area contributed by atoms with Gasteiger partial charge in [-0.1, -0.05) is 24.3 Å². The summed E-state index contributed by atoms with van der Waals surface area (Å²) >= 11 is 5.31. The van der Waals surface area contributed by atoms with Crippen molar-refractivity contribution in [1.82, 2.24) is 5.32 Å². The van der Waals surface area contributed by atoms with E-state index in [4.69, 9.17) is 17.0 Å². The first kappa shape index (κ1) is 18.7. The Morgan fingerprint density at radius 2 is 1.74 bits per heavy atom. The van der Waals surface area contributed by atoms with Gasteiger partial charge in [-0.05, 0) is 60.3 Å². The number of carbonyl (C=O) groups excluding carboxylic acids is 1. The molecule has 0 atom stereocenters. The molecule has 1 fully saturated rings. The summed E-state index contributed by atoms with van der Waals surface area (Å²) in [6.07, 6.45) is 5.52. The summed E-state index contributed by atoms with van der Waals surface area (Å²) < 4.78 is 5.15. The molecule has 1 heterocycles. The summed E-state index contributed by atoms with van der Waals surface area (Å²) in [6, 6.07) is 15.4. The third-order valence-electron chi connectivity index (χ3n) is 4.17. The first-order chi connectivity index (χ1) is 13.0. The molecule has 1 aliphatic heterocycles. The topological polar surface area (TPSA) is 44.8 Å². The summed E-state index contributed by atoms with van der Waals surface area (Å²) in [6.45, 7) is 0. The molecule has 6 heteroatoms. The van der Waals surface area contributed by atoms with Gasteiger partial charge in [-0.3, -0.25) is 9.69 Å². The van der Waals surface area contributed by atoms with Gasteiger partial charge in [0.2, 0.25) is 0 Å². The van der Waals surface area contributed by atoms with Crippen LogP contribution in [0.25, 0.3) is 6.08 Å². The van der Waals surface area contributed by atoms with Gasteiger partial charge in [0.05, 0.1) is 12.8 Å². The largest absolute Gasteiger partial charge is 0.497 e. The number of benzene rings is 2. The Morgan fingerprint density at radius 3 is 2.33 bits per heavy atom. The van der Waals surface area contributed by atoms with Crippen LogP contribution in [-0.4, -0.2) is 32.2 Å². The molecule has 0 aromatic heterocycles. The summed E-state index contributed by atoms with van der Waals surface area (Å²) in [5, 5.41) is 3.33. The molecule has 1 N–H and O–H groups in total. The standard InChI is InChI=1S/C21H21N3O2S/c1-23(2)16-9-7-15(8-10-16)5-4-6-19-20(25)24(21(27)22-19)17-11-13-18(26-3)14-12-17/h4-14H,1-3H3,(H,22,27)/b5-4+,19-6+. The van der Waals surface area contributed by atoms with Crippen LogP contribution in [0.5, 0.6) is 5.75 Å². The number of hydrogen-bond acceptors (Lipinski definition) is 4. The van der Waals surface area contributed by atoms with E-state index in [1.165, 1.54) is 4.90 Å². The maximum atomic E-state index is 12.7. The number of nitrogens with one attached hydrogen (secondary N) is 1. The highest BCUT2D eigenvalue weighted by Crippen LogP contribution is 2.24. The molecular formula is C21H21N3O2S. The lowest BCUT2D eigenvalue weighted by Crippen LogP contribution is -2.30. The second kappa shape index (κ2) is 8.05. The molecule has 5 nitrogen and oxygen atoms in total. The van der Waals surface area contributed by atoms with Gasteiger partial charge in [0.25, 0.3) is 5.91 Å². The molecular weight excluding hydrogens is 358 g/mol. The number of ether oxygens (including phenoxy) is 1. The van der Waals surface area contributed by atoms with Crippen LogP contribution in [0.3, 0.4) is 0 Å². The Hall–Kier alpha value is -3.12. The third-order valence-corrected chi connectivity index (χ3v) is 4.45. The smallest absolute Gasteiger partial charge is 0.281 e. The number of anilines is 2. The molecule has 3 rings (SSSR count). The van der Waals surface area contributed by atoms with Crippen LogP contribution in [-0.2, 0) is 4.79 Å². The fourth-order valence-corrected chi connectivity index (χ4v) is 2.95. The first-order valence-electron chi connectivity index (χ1n) is 8.45. The molecule has 1 aliphatic rings. The van der Waals surface area contributed by atoms with E-state index in [1.807, 2.05) is 55.4 Å². The van der Waals surface area contributed by atoms with Crippen molar-refractivity contribution in [2.75, 3.05) is 31.0 Å². The van der Waals surface area contributed by atoms with Gasteiger partial charge in [-0.25, -0.2) is 0 Å². The molecule has 138 valence electrons. The maximum absolute atomic E-state index is 12.7. The van der Waals surface area contributed by atoms with Crippen LogP contribution in [0.4, 0.5) is 11.4 Å². The van der Waals surface area contributed by atoms with E-state index in [0.29, 0.717) is 16.5 Å². The van der Waals surface area contributed by atoms with Crippen molar-refractivity contribution in [3.8, 4) is 5.75 Å². The van der Waals surface area contributed by atoms with Crippen LogP contribution in [0.15, 0.2) is 66.4 Å². The van der Waals surface area contributed by atoms with E-state index >= 15 is 0 Å². The van der Waals surface area contributed by atoms with E-state index in [9.17, 15) is 4.79 Å². The van der Waals surface area contributed by atoms with Crippen molar-refractivity contribution >= 4 is 40.7 Å². The van der Waals surface area contributed by atoms with E-state index in [0.717, 1.165) is 17.0 Å². The molecule has 0 unspecified atom stereocenters. The molecule has 0 bridgehead atoms. The number of carbonyl (C=O) groups is 1. The van der Waals surface area contributed by atoms with Gasteiger partial charge in [-0.2, -0.15) is 0 Å². The van der Waals surface area contributed by atoms with Crippen molar-refractivity contribution in [1.29, 1.82) is 0 Å². The number of thiocarbonyl (C=S) groups is 1. The summed E-state index contributed by atoms with van der Waals surface area (Å²) in [5.41, 5.74) is 3.33. The number of rotatable bonds is 5. The van der Waals surface area contributed by atoms with Crippen LogP contribution >= 0.6 is 12.2 Å². The highest BCUT2D eigenvalue weighted by Gasteiger charge is 2.31. The predicted octanol–water partition coefficient (Wildman–Crippen LogP) is 3.58. The third kappa shape index (κ3) is 4.17. The van der Waals surface area contributed by atoms with Crippen LogP contribution in [0.2, 0.25) is 0 Å². The Morgan fingerprint density at radius 1 is 1.07 bits per heavy atom. The monoisotopic (exact) mass is 379 g/mol. The van der Waals surface area contributed by atoms with Gasteiger partial charge in [0, 0.05) is 19.8 Å². The number of hydrogen-bond donors (Lipinski definition) is 1. The van der Waals surface area contributed by atoms with Gasteiger partial charge >= 0.3 is 0 Å². The fraction of sp³-hybridized carbons (Fsp3) is 0.143. The summed E-state index contributed by atoms with van der Waals surface area (Å²) in [4.78, 5) is 16.2. The molecule has 0 aliphatic carbocycles. The Balaban J connectivity index is 1.73. The zero-order chi connectivity index (χ0) is 19.4. The number of methoxy groups -OCH3 is 1. The minimum absolute atomic E-state index is 0.183. The number of nitrogens with zero attached hydrogens (tertiary/aromatic N) is 2. The predicted molar refractivity (Wildman–Crippen MR) is 114 cm³/mol. The fourth-order valence-electron chi connectivity index (χ4n) is 2.66. The molecule has 1 amide bonds. The Bertz CT molecular complexity index is 900. The number of allylic oxidation sites excluding steroid dienone is 2. The average Bonchev–Trinajstić information content (AvgIpc) is 2.96.